The number of rotatable bonds is 4. The van der Waals surface area contributed by atoms with Crippen molar-refractivity contribution in [3.05, 3.63) is 84.8 Å². The smallest absolute Gasteiger partial charge is 0.275 e. The summed E-state index contributed by atoms with van der Waals surface area (Å²) in [6, 6.07) is 16.2. The molecule has 118 valence electrons. The highest BCUT2D eigenvalue weighted by molar-refractivity contribution is 6.02. The molecule has 0 fully saturated rings. The lowest BCUT2D eigenvalue weighted by molar-refractivity contribution is 0.102. The third-order valence-corrected chi connectivity index (χ3v) is 3.41. The summed E-state index contributed by atoms with van der Waals surface area (Å²) < 4.78 is 0. The van der Waals surface area contributed by atoms with E-state index in [4.69, 9.17) is 0 Å². The molecule has 5 heteroatoms. The summed E-state index contributed by atoms with van der Waals surface area (Å²) in [5, 5.41) is 12.1. The SMILES string of the molecule is C=C(O)c1ccc(-c2cncc(C(=O)Nc3ccccc3)n2)cc1. The highest BCUT2D eigenvalue weighted by Gasteiger charge is 2.10. The van der Waals surface area contributed by atoms with Crippen molar-refractivity contribution < 1.29 is 9.90 Å². The van der Waals surface area contributed by atoms with Gasteiger partial charge in [-0.2, -0.15) is 0 Å². The molecule has 24 heavy (non-hydrogen) atoms. The van der Waals surface area contributed by atoms with Crippen LogP contribution >= 0.6 is 0 Å². The third kappa shape index (κ3) is 3.47. The molecule has 1 aromatic heterocycles. The molecule has 0 aliphatic rings. The summed E-state index contributed by atoms with van der Waals surface area (Å²) in [5.41, 5.74) is 2.92. The number of hydrogen-bond donors (Lipinski definition) is 2. The average molecular weight is 317 g/mol. The number of hydrogen-bond acceptors (Lipinski definition) is 4. The van der Waals surface area contributed by atoms with Gasteiger partial charge in [-0.3, -0.25) is 9.78 Å². The Kier molecular flexibility index (Phi) is 4.34. The lowest BCUT2D eigenvalue weighted by Gasteiger charge is -2.06. The van der Waals surface area contributed by atoms with Crippen molar-refractivity contribution in [1.29, 1.82) is 0 Å². The fourth-order valence-electron chi connectivity index (χ4n) is 2.16. The van der Waals surface area contributed by atoms with Crippen LogP contribution in [0, 0.1) is 0 Å². The van der Waals surface area contributed by atoms with Crippen LogP contribution in [0.5, 0.6) is 0 Å². The Morgan fingerprint density at radius 3 is 2.38 bits per heavy atom. The van der Waals surface area contributed by atoms with Gasteiger partial charge >= 0.3 is 0 Å². The summed E-state index contributed by atoms with van der Waals surface area (Å²) in [6.45, 7) is 3.48. The zero-order chi connectivity index (χ0) is 16.9. The topological polar surface area (TPSA) is 75.1 Å². The number of aromatic nitrogens is 2. The van der Waals surface area contributed by atoms with Gasteiger partial charge in [0.2, 0.25) is 0 Å². The normalized spacial score (nSPS) is 10.2. The van der Waals surface area contributed by atoms with Crippen LogP contribution in [0.25, 0.3) is 17.0 Å². The van der Waals surface area contributed by atoms with E-state index >= 15 is 0 Å². The molecule has 0 unspecified atom stereocenters. The van der Waals surface area contributed by atoms with Crippen molar-refractivity contribution in [3.8, 4) is 11.3 Å². The first-order valence-electron chi connectivity index (χ1n) is 7.30. The van der Waals surface area contributed by atoms with E-state index in [1.165, 1.54) is 6.20 Å². The van der Waals surface area contributed by atoms with Crippen LogP contribution in [-0.2, 0) is 0 Å². The van der Waals surface area contributed by atoms with Gasteiger partial charge in [-0.25, -0.2) is 4.98 Å². The van der Waals surface area contributed by atoms with Gasteiger partial charge in [-0.1, -0.05) is 49.0 Å². The minimum atomic E-state index is -0.323. The van der Waals surface area contributed by atoms with Gasteiger partial charge in [0.05, 0.1) is 18.1 Å². The maximum Gasteiger partial charge on any atom is 0.275 e. The summed E-state index contributed by atoms with van der Waals surface area (Å²) in [6.07, 6.45) is 3.01. The summed E-state index contributed by atoms with van der Waals surface area (Å²) in [7, 11) is 0. The van der Waals surface area contributed by atoms with Gasteiger partial charge in [0, 0.05) is 16.8 Å². The van der Waals surface area contributed by atoms with E-state index < -0.39 is 0 Å². The number of aliphatic hydroxyl groups excluding tert-OH is 1. The Morgan fingerprint density at radius 2 is 1.71 bits per heavy atom. The van der Waals surface area contributed by atoms with E-state index in [1.54, 1.807) is 42.6 Å². The molecule has 1 amide bonds. The van der Waals surface area contributed by atoms with Crippen molar-refractivity contribution in [2.75, 3.05) is 5.32 Å². The molecule has 3 aromatic rings. The van der Waals surface area contributed by atoms with Gasteiger partial charge in [0.25, 0.3) is 5.91 Å². The predicted molar refractivity (Wildman–Crippen MR) is 93.5 cm³/mol. The molecule has 0 atom stereocenters. The molecule has 0 aliphatic heterocycles. The van der Waals surface area contributed by atoms with Crippen molar-refractivity contribution >= 4 is 17.4 Å². The van der Waals surface area contributed by atoms with Crippen LogP contribution in [0.1, 0.15) is 16.1 Å². The maximum atomic E-state index is 12.3. The monoisotopic (exact) mass is 317 g/mol. The van der Waals surface area contributed by atoms with Gasteiger partial charge in [-0.15, -0.1) is 0 Å². The number of carbonyl (C=O) groups is 1. The second-order valence-electron chi connectivity index (χ2n) is 5.13. The number of amides is 1. The van der Waals surface area contributed by atoms with Crippen molar-refractivity contribution in [2.24, 2.45) is 0 Å². The van der Waals surface area contributed by atoms with E-state index in [1.807, 2.05) is 18.2 Å². The largest absolute Gasteiger partial charge is 0.508 e. The number of aliphatic hydroxyl groups is 1. The molecule has 0 saturated carbocycles. The Morgan fingerprint density at radius 1 is 1.00 bits per heavy atom. The molecule has 2 N–H and O–H groups in total. The standard InChI is InChI=1S/C19H15N3O2/c1-13(23)14-7-9-15(10-8-14)17-11-20-12-18(22-17)19(24)21-16-5-3-2-4-6-16/h2-12,23H,1H2,(H,21,24). The first kappa shape index (κ1) is 15.4. The minimum Gasteiger partial charge on any atom is -0.508 e. The van der Waals surface area contributed by atoms with Crippen LogP contribution in [-0.4, -0.2) is 21.0 Å². The summed E-state index contributed by atoms with van der Waals surface area (Å²) >= 11 is 0. The molecule has 0 saturated heterocycles. The first-order valence-corrected chi connectivity index (χ1v) is 7.30. The second kappa shape index (κ2) is 6.75. The molecule has 3 rings (SSSR count). The predicted octanol–water partition coefficient (Wildman–Crippen LogP) is 3.92. The molecule has 0 radical (unpaired) electrons. The zero-order valence-electron chi connectivity index (χ0n) is 12.8. The van der Waals surface area contributed by atoms with Gasteiger partial charge in [0.1, 0.15) is 11.5 Å². The van der Waals surface area contributed by atoms with E-state index in [0.717, 1.165) is 5.56 Å². The lowest BCUT2D eigenvalue weighted by atomic mass is 10.1. The Labute approximate surface area is 139 Å². The van der Waals surface area contributed by atoms with Crippen LogP contribution in [0.4, 0.5) is 5.69 Å². The fourth-order valence-corrected chi connectivity index (χ4v) is 2.16. The molecule has 5 nitrogen and oxygen atoms in total. The molecule has 2 aromatic carbocycles. The lowest BCUT2D eigenvalue weighted by Crippen LogP contribution is -2.14. The Hall–Kier alpha value is -3.47. The van der Waals surface area contributed by atoms with Gasteiger partial charge in [0.15, 0.2) is 0 Å². The van der Waals surface area contributed by atoms with E-state index in [2.05, 4.69) is 21.9 Å². The van der Waals surface area contributed by atoms with Crippen LogP contribution in [0.2, 0.25) is 0 Å². The first-order chi connectivity index (χ1) is 11.6. The number of benzene rings is 2. The molecular formula is C19H15N3O2. The number of anilines is 1. The molecule has 0 spiro atoms. The Balaban J connectivity index is 1.83. The number of para-hydroxylation sites is 1. The molecule has 0 bridgehead atoms. The molecule has 1 heterocycles. The van der Waals surface area contributed by atoms with E-state index in [-0.39, 0.29) is 17.4 Å². The van der Waals surface area contributed by atoms with Gasteiger partial charge in [-0.05, 0) is 12.1 Å². The second-order valence-corrected chi connectivity index (χ2v) is 5.13. The zero-order valence-corrected chi connectivity index (χ0v) is 12.8. The third-order valence-electron chi connectivity index (χ3n) is 3.41. The van der Waals surface area contributed by atoms with Crippen LogP contribution < -0.4 is 5.32 Å². The van der Waals surface area contributed by atoms with Crippen LogP contribution in [0.15, 0.2) is 73.6 Å². The van der Waals surface area contributed by atoms with Crippen molar-refractivity contribution in [1.82, 2.24) is 9.97 Å². The fraction of sp³-hybridized carbons (Fsp3) is 0. The van der Waals surface area contributed by atoms with Crippen molar-refractivity contribution in [2.45, 2.75) is 0 Å². The summed E-state index contributed by atoms with van der Waals surface area (Å²) in [5.74, 6) is -0.320. The highest BCUT2D eigenvalue weighted by atomic mass is 16.3. The number of carbonyl (C=O) groups excluding carboxylic acids is 1. The highest BCUT2D eigenvalue weighted by Crippen LogP contribution is 2.19. The number of nitrogens with one attached hydrogen (secondary N) is 1. The average Bonchev–Trinajstić information content (AvgIpc) is 2.63. The number of nitrogens with zero attached hydrogens (tertiary/aromatic N) is 2. The molecule has 0 aliphatic carbocycles. The summed E-state index contributed by atoms with van der Waals surface area (Å²) in [4.78, 5) is 20.7. The van der Waals surface area contributed by atoms with Gasteiger partial charge < -0.3 is 10.4 Å². The quantitative estimate of drug-likeness (QED) is 0.715. The van der Waals surface area contributed by atoms with E-state index in [9.17, 15) is 9.90 Å². The minimum absolute atomic E-state index is 0.00336. The Bertz CT molecular complexity index is 875. The van der Waals surface area contributed by atoms with Crippen molar-refractivity contribution in [3.63, 3.8) is 0 Å². The van der Waals surface area contributed by atoms with Crippen LogP contribution in [0.3, 0.4) is 0 Å². The van der Waals surface area contributed by atoms with E-state index in [0.29, 0.717) is 16.9 Å². The molecular weight excluding hydrogens is 302 g/mol. The maximum absolute atomic E-state index is 12.3.